The van der Waals surface area contributed by atoms with Gasteiger partial charge in [0.1, 0.15) is 10.7 Å². The number of benzene rings is 2. The summed E-state index contributed by atoms with van der Waals surface area (Å²) in [5.74, 6) is -0.728. The minimum atomic E-state index is -4.23. The first-order chi connectivity index (χ1) is 10.5. The first-order valence-electron chi connectivity index (χ1n) is 6.28. The molecule has 0 aliphatic carbocycles. The number of hydrogen-bond donors (Lipinski definition) is 0. The zero-order valence-electron chi connectivity index (χ0n) is 12.2. The van der Waals surface area contributed by atoms with Crippen molar-refractivity contribution in [1.29, 1.82) is 0 Å². The van der Waals surface area contributed by atoms with Gasteiger partial charge in [0.05, 0.1) is 15.6 Å². The number of sulfone groups is 1. The lowest BCUT2D eigenvalue weighted by Gasteiger charge is -2.21. The SMILES string of the molecule is CN(c1ccccc1F)S(=O)(=O)c1cc(S(C)(=O)=O)ccc1Cl. The average molecular weight is 378 g/mol. The van der Waals surface area contributed by atoms with E-state index in [1.54, 1.807) is 0 Å². The second kappa shape index (κ2) is 6.10. The van der Waals surface area contributed by atoms with Gasteiger partial charge in [-0.15, -0.1) is 0 Å². The molecule has 124 valence electrons. The van der Waals surface area contributed by atoms with Crippen molar-refractivity contribution in [3.05, 3.63) is 53.3 Å². The molecule has 0 atom stereocenters. The Labute approximate surface area is 139 Å². The van der Waals surface area contributed by atoms with Crippen LogP contribution < -0.4 is 4.31 Å². The Morgan fingerprint density at radius 2 is 1.65 bits per heavy atom. The van der Waals surface area contributed by atoms with E-state index in [9.17, 15) is 21.2 Å². The number of anilines is 1. The van der Waals surface area contributed by atoms with Gasteiger partial charge in [0.2, 0.25) is 0 Å². The molecule has 0 bridgehead atoms. The third-order valence-electron chi connectivity index (χ3n) is 3.16. The maximum Gasteiger partial charge on any atom is 0.265 e. The van der Waals surface area contributed by atoms with Gasteiger partial charge in [-0.05, 0) is 30.3 Å². The minimum Gasteiger partial charge on any atom is -0.266 e. The van der Waals surface area contributed by atoms with E-state index in [1.807, 2.05) is 0 Å². The van der Waals surface area contributed by atoms with E-state index in [4.69, 9.17) is 11.6 Å². The standard InChI is InChI=1S/C14H13ClFNO4S2/c1-17(13-6-4-3-5-12(13)16)23(20,21)14-9-10(22(2,18)19)7-8-11(14)15/h3-9H,1-2H3. The average Bonchev–Trinajstić information content (AvgIpc) is 2.46. The molecule has 5 nitrogen and oxygen atoms in total. The zero-order valence-corrected chi connectivity index (χ0v) is 14.6. The summed E-state index contributed by atoms with van der Waals surface area (Å²) in [7, 11) is -6.68. The maximum atomic E-state index is 13.8. The summed E-state index contributed by atoms with van der Waals surface area (Å²) in [6.45, 7) is 0. The van der Waals surface area contributed by atoms with Gasteiger partial charge in [0.15, 0.2) is 9.84 Å². The van der Waals surface area contributed by atoms with Crippen molar-refractivity contribution in [1.82, 2.24) is 0 Å². The molecule has 0 spiro atoms. The van der Waals surface area contributed by atoms with Crippen molar-refractivity contribution >= 4 is 37.1 Å². The lowest BCUT2D eigenvalue weighted by atomic mass is 10.3. The Morgan fingerprint density at radius 3 is 2.22 bits per heavy atom. The molecule has 2 rings (SSSR count). The molecule has 0 radical (unpaired) electrons. The predicted octanol–water partition coefficient (Wildman–Crippen LogP) is 2.71. The lowest BCUT2D eigenvalue weighted by molar-refractivity contribution is 0.589. The van der Waals surface area contributed by atoms with Crippen LogP contribution >= 0.6 is 11.6 Å². The summed E-state index contributed by atoms with van der Waals surface area (Å²) < 4.78 is 63.1. The largest absolute Gasteiger partial charge is 0.266 e. The summed E-state index contributed by atoms with van der Waals surface area (Å²) in [6.07, 6.45) is 0.952. The molecule has 0 aliphatic rings. The van der Waals surface area contributed by atoms with Gasteiger partial charge in [-0.25, -0.2) is 21.2 Å². The van der Waals surface area contributed by atoms with Crippen LogP contribution in [0.5, 0.6) is 0 Å². The molecule has 0 aliphatic heterocycles. The molecule has 0 heterocycles. The molecule has 2 aromatic carbocycles. The van der Waals surface area contributed by atoms with Gasteiger partial charge >= 0.3 is 0 Å². The van der Waals surface area contributed by atoms with Crippen molar-refractivity contribution in [2.45, 2.75) is 9.79 Å². The van der Waals surface area contributed by atoms with Crippen LogP contribution in [0.3, 0.4) is 0 Å². The summed E-state index contributed by atoms with van der Waals surface area (Å²) >= 11 is 5.91. The first-order valence-corrected chi connectivity index (χ1v) is 9.99. The third-order valence-corrected chi connectivity index (χ3v) is 6.52. The summed E-state index contributed by atoms with van der Waals surface area (Å²) in [5, 5.41) is -0.152. The fourth-order valence-electron chi connectivity index (χ4n) is 1.90. The van der Waals surface area contributed by atoms with Crippen LogP contribution in [0.4, 0.5) is 10.1 Å². The van der Waals surface area contributed by atoms with Crippen LogP contribution in [-0.4, -0.2) is 30.1 Å². The highest BCUT2D eigenvalue weighted by atomic mass is 35.5. The second-order valence-corrected chi connectivity index (χ2v) is 9.15. The Kier molecular flexibility index (Phi) is 4.70. The number of hydrogen-bond acceptors (Lipinski definition) is 4. The van der Waals surface area contributed by atoms with Crippen LogP contribution in [0.15, 0.2) is 52.3 Å². The fourth-order valence-corrected chi connectivity index (χ4v) is 4.32. The molecular weight excluding hydrogens is 365 g/mol. The highest BCUT2D eigenvalue weighted by Gasteiger charge is 2.27. The van der Waals surface area contributed by atoms with Crippen LogP contribution in [-0.2, 0) is 19.9 Å². The van der Waals surface area contributed by atoms with E-state index < -0.39 is 30.6 Å². The summed E-state index contributed by atoms with van der Waals surface area (Å²) in [6, 6.07) is 8.68. The molecule has 0 aromatic heterocycles. The molecular formula is C14H13ClFNO4S2. The summed E-state index contributed by atoms with van der Waals surface area (Å²) in [5.41, 5.74) is -0.173. The molecule has 0 fully saturated rings. The predicted molar refractivity (Wildman–Crippen MR) is 86.6 cm³/mol. The van der Waals surface area contributed by atoms with Crippen LogP contribution in [0, 0.1) is 5.82 Å². The summed E-state index contributed by atoms with van der Waals surface area (Å²) in [4.78, 5) is -0.602. The number of para-hydroxylation sites is 1. The second-order valence-electron chi connectivity index (χ2n) is 4.79. The number of nitrogens with zero attached hydrogens (tertiary/aromatic N) is 1. The van der Waals surface area contributed by atoms with Gasteiger partial charge in [0.25, 0.3) is 10.0 Å². The number of halogens is 2. The van der Waals surface area contributed by atoms with Crippen molar-refractivity contribution in [3.8, 4) is 0 Å². The molecule has 0 amide bonds. The molecule has 0 unspecified atom stereocenters. The van der Waals surface area contributed by atoms with Gasteiger partial charge in [-0.3, -0.25) is 4.31 Å². The molecule has 9 heteroatoms. The molecule has 0 N–H and O–H groups in total. The quantitative estimate of drug-likeness (QED) is 0.821. The van der Waals surface area contributed by atoms with Crippen LogP contribution in [0.25, 0.3) is 0 Å². The number of sulfonamides is 1. The Hall–Kier alpha value is -1.64. The topological polar surface area (TPSA) is 71.5 Å². The molecule has 0 saturated carbocycles. The lowest BCUT2D eigenvalue weighted by Crippen LogP contribution is -2.27. The first kappa shape index (κ1) is 17.7. The number of rotatable bonds is 4. The van der Waals surface area contributed by atoms with E-state index in [0.717, 1.165) is 29.7 Å². The van der Waals surface area contributed by atoms with Crippen molar-refractivity contribution in [2.24, 2.45) is 0 Å². The van der Waals surface area contributed by atoms with Crippen molar-refractivity contribution < 1.29 is 21.2 Å². The molecule has 23 heavy (non-hydrogen) atoms. The van der Waals surface area contributed by atoms with Crippen molar-refractivity contribution in [2.75, 3.05) is 17.6 Å². The zero-order chi connectivity index (χ0) is 17.4. The molecule has 0 saturated heterocycles. The molecule has 2 aromatic rings. The van der Waals surface area contributed by atoms with Gasteiger partial charge < -0.3 is 0 Å². The normalized spacial score (nSPS) is 12.2. The van der Waals surface area contributed by atoms with Crippen LogP contribution in [0.1, 0.15) is 0 Å². The van der Waals surface area contributed by atoms with Gasteiger partial charge in [-0.1, -0.05) is 23.7 Å². The fraction of sp³-hybridized carbons (Fsp3) is 0.143. The maximum absolute atomic E-state index is 13.8. The Bertz CT molecular complexity index is 958. The Morgan fingerprint density at radius 1 is 1.04 bits per heavy atom. The highest BCUT2D eigenvalue weighted by molar-refractivity contribution is 7.93. The smallest absolute Gasteiger partial charge is 0.265 e. The van der Waals surface area contributed by atoms with Crippen molar-refractivity contribution in [3.63, 3.8) is 0 Å². The highest BCUT2D eigenvalue weighted by Crippen LogP contribution is 2.30. The van der Waals surface area contributed by atoms with E-state index in [-0.39, 0.29) is 15.6 Å². The van der Waals surface area contributed by atoms with E-state index in [1.165, 1.54) is 30.3 Å². The third kappa shape index (κ3) is 3.49. The minimum absolute atomic E-state index is 0.152. The van der Waals surface area contributed by atoms with E-state index in [2.05, 4.69) is 0 Å². The Balaban J connectivity index is 2.63. The van der Waals surface area contributed by atoms with Gasteiger partial charge in [0, 0.05) is 13.3 Å². The van der Waals surface area contributed by atoms with E-state index >= 15 is 0 Å². The van der Waals surface area contributed by atoms with E-state index in [0.29, 0.717) is 0 Å². The van der Waals surface area contributed by atoms with Gasteiger partial charge in [-0.2, -0.15) is 0 Å². The van der Waals surface area contributed by atoms with Crippen LogP contribution in [0.2, 0.25) is 5.02 Å². The monoisotopic (exact) mass is 377 g/mol.